The Labute approximate surface area is 195 Å². The number of aromatic carboxylic acids is 1. The maximum absolute atomic E-state index is 12.3. The molecule has 1 heterocycles. The van der Waals surface area contributed by atoms with Crippen LogP contribution in [-0.2, 0) is 11.3 Å². The van der Waals surface area contributed by atoms with Gasteiger partial charge in [0.25, 0.3) is 11.3 Å². The second-order valence-electron chi connectivity index (χ2n) is 8.11. The van der Waals surface area contributed by atoms with Crippen molar-refractivity contribution in [3.8, 4) is 16.9 Å². The number of benzene rings is 2. The van der Waals surface area contributed by atoms with E-state index in [0.717, 1.165) is 15.4 Å². The van der Waals surface area contributed by atoms with E-state index in [0.29, 0.717) is 11.6 Å². The molecule has 0 saturated heterocycles. The molecule has 1 atom stereocenters. The summed E-state index contributed by atoms with van der Waals surface area (Å²) >= 11 is -2.44. The van der Waals surface area contributed by atoms with Crippen LogP contribution in [0.25, 0.3) is 11.1 Å². The number of nitrogens with zero attached hydrogens (tertiary/aromatic N) is 2. The fraction of sp³-hybridized carbons (Fsp3) is 0.280. The molecule has 1 unspecified atom stereocenters. The minimum absolute atomic E-state index is 0.0178. The summed E-state index contributed by atoms with van der Waals surface area (Å²) in [5.74, 6) is -0.331. The third-order valence-electron chi connectivity index (χ3n) is 6.08. The number of aromatic nitrogens is 1. The van der Waals surface area contributed by atoms with Gasteiger partial charge in [0, 0.05) is 11.8 Å². The molecule has 0 amide bonds. The summed E-state index contributed by atoms with van der Waals surface area (Å²) in [5, 5.41) is 9.24. The molecule has 1 aliphatic carbocycles. The van der Waals surface area contributed by atoms with Crippen LogP contribution >= 0.6 is 0 Å². The molecule has 0 bridgehead atoms. The van der Waals surface area contributed by atoms with Crippen LogP contribution in [0.3, 0.4) is 0 Å². The molecule has 0 spiro atoms. The van der Waals surface area contributed by atoms with Crippen molar-refractivity contribution in [3.05, 3.63) is 72.1 Å². The van der Waals surface area contributed by atoms with Crippen molar-refractivity contribution in [3.63, 3.8) is 0 Å². The predicted molar refractivity (Wildman–Crippen MR) is 128 cm³/mol. The highest BCUT2D eigenvalue weighted by Crippen LogP contribution is 2.37. The number of anilines is 2. The van der Waals surface area contributed by atoms with Gasteiger partial charge in [-0.25, -0.2) is 13.3 Å². The van der Waals surface area contributed by atoms with Crippen LogP contribution in [0.1, 0.15) is 53.9 Å². The number of hydrogen-bond acceptors (Lipinski definition) is 4. The third-order valence-corrected chi connectivity index (χ3v) is 6.80. The van der Waals surface area contributed by atoms with E-state index in [1.165, 1.54) is 69.2 Å². The van der Waals surface area contributed by atoms with Gasteiger partial charge in [0.2, 0.25) is 0 Å². The predicted octanol–water partition coefficient (Wildman–Crippen LogP) is 5.78. The molecule has 3 aromatic rings. The Balaban J connectivity index is 1.67. The summed E-state index contributed by atoms with van der Waals surface area (Å²) in [4.78, 5) is 15.6. The van der Waals surface area contributed by atoms with Crippen LogP contribution in [0, 0.1) is 0 Å². The number of hydrogen-bond donors (Lipinski definition) is 2. The Morgan fingerprint density at radius 3 is 2.39 bits per heavy atom. The smallest absolute Gasteiger partial charge is 0.335 e. The topological polar surface area (TPSA) is 100.0 Å². The molecular formula is C25H26N2O5S. The quantitative estimate of drug-likeness (QED) is 0.428. The van der Waals surface area contributed by atoms with Crippen molar-refractivity contribution in [2.45, 2.75) is 38.0 Å². The van der Waals surface area contributed by atoms with Crippen LogP contribution in [-0.4, -0.2) is 31.9 Å². The van der Waals surface area contributed by atoms with Gasteiger partial charge in [-0.1, -0.05) is 43.5 Å². The standard InChI is InChI=1S/C25H26N2O5S/c1-32-24-14-20(25(28)29)11-12-23(24)27(33(30)31)22-13-21(15-26-16-22)19-9-7-18(8-10-19)17-5-3-2-4-6-17/h7-17H,2-6H2,1H3,(H,28,29)(H,30,31). The highest BCUT2D eigenvalue weighted by molar-refractivity contribution is 7.81. The summed E-state index contributed by atoms with van der Waals surface area (Å²) in [6.45, 7) is 0. The van der Waals surface area contributed by atoms with E-state index in [1.807, 2.05) is 0 Å². The lowest BCUT2D eigenvalue weighted by Crippen LogP contribution is -2.20. The number of ether oxygens (including phenoxy) is 1. The molecular weight excluding hydrogens is 440 g/mol. The lowest BCUT2D eigenvalue weighted by atomic mass is 9.84. The highest BCUT2D eigenvalue weighted by Gasteiger charge is 2.22. The fourth-order valence-corrected chi connectivity index (χ4v) is 4.97. The van der Waals surface area contributed by atoms with Gasteiger partial charge in [0.1, 0.15) is 5.75 Å². The van der Waals surface area contributed by atoms with Gasteiger partial charge in [-0.2, -0.15) is 0 Å². The molecule has 172 valence electrons. The lowest BCUT2D eigenvalue weighted by Gasteiger charge is -2.23. The first-order valence-electron chi connectivity index (χ1n) is 10.9. The third kappa shape index (κ3) is 5.07. The van der Waals surface area contributed by atoms with Gasteiger partial charge in [-0.15, -0.1) is 0 Å². The Morgan fingerprint density at radius 1 is 1.03 bits per heavy atom. The Bertz CT molecular complexity index is 1160. The minimum Gasteiger partial charge on any atom is -0.495 e. The minimum atomic E-state index is -2.44. The van der Waals surface area contributed by atoms with E-state index in [1.54, 1.807) is 12.3 Å². The number of carbonyl (C=O) groups is 1. The van der Waals surface area contributed by atoms with Gasteiger partial charge in [0.15, 0.2) is 0 Å². The zero-order valence-corrected chi connectivity index (χ0v) is 19.1. The lowest BCUT2D eigenvalue weighted by molar-refractivity contribution is 0.0696. The SMILES string of the molecule is COc1cc(C(=O)O)ccc1N(c1cncc(-c2ccc(C3CCCCC3)cc2)c1)S(=O)O. The van der Waals surface area contributed by atoms with Gasteiger partial charge < -0.3 is 9.84 Å². The average Bonchev–Trinajstić information content (AvgIpc) is 2.85. The molecule has 1 fully saturated rings. The summed E-state index contributed by atoms with van der Waals surface area (Å²) < 4.78 is 28.8. The number of carboxylic acids is 1. The molecule has 8 heteroatoms. The summed E-state index contributed by atoms with van der Waals surface area (Å²) in [7, 11) is 1.38. The van der Waals surface area contributed by atoms with Crippen LogP contribution in [0.4, 0.5) is 11.4 Å². The van der Waals surface area contributed by atoms with Crippen LogP contribution < -0.4 is 9.04 Å². The van der Waals surface area contributed by atoms with E-state index < -0.39 is 17.2 Å². The van der Waals surface area contributed by atoms with E-state index in [2.05, 4.69) is 29.2 Å². The molecule has 4 rings (SSSR count). The second kappa shape index (κ2) is 10.1. The highest BCUT2D eigenvalue weighted by atomic mass is 32.2. The van der Waals surface area contributed by atoms with E-state index in [4.69, 9.17) is 4.74 Å². The zero-order valence-electron chi connectivity index (χ0n) is 18.3. The van der Waals surface area contributed by atoms with Crippen molar-refractivity contribution < 1.29 is 23.4 Å². The first-order valence-corrected chi connectivity index (χ1v) is 11.9. The molecule has 2 aromatic carbocycles. The normalized spacial score (nSPS) is 15.1. The zero-order chi connectivity index (χ0) is 23.4. The largest absolute Gasteiger partial charge is 0.495 e. The Kier molecular flexibility index (Phi) is 7.05. The average molecular weight is 467 g/mol. The Morgan fingerprint density at radius 2 is 1.76 bits per heavy atom. The van der Waals surface area contributed by atoms with Crippen molar-refractivity contribution in [2.24, 2.45) is 0 Å². The first kappa shape index (κ1) is 22.9. The number of carboxylic acid groups (broad SMARTS) is 1. The van der Waals surface area contributed by atoms with Gasteiger partial charge in [0.05, 0.1) is 30.2 Å². The maximum Gasteiger partial charge on any atom is 0.335 e. The van der Waals surface area contributed by atoms with Crippen molar-refractivity contribution in [1.82, 2.24) is 4.98 Å². The molecule has 1 aliphatic rings. The van der Waals surface area contributed by atoms with Crippen molar-refractivity contribution in [1.29, 1.82) is 0 Å². The van der Waals surface area contributed by atoms with Crippen LogP contribution in [0.5, 0.6) is 5.75 Å². The monoisotopic (exact) mass is 466 g/mol. The maximum atomic E-state index is 12.3. The molecule has 0 radical (unpaired) electrons. The van der Waals surface area contributed by atoms with E-state index in [9.17, 15) is 18.7 Å². The molecule has 2 N–H and O–H groups in total. The van der Waals surface area contributed by atoms with E-state index >= 15 is 0 Å². The number of methoxy groups -OCH3 is 1. The fourth-order valence-electron chi connectivity index (χ4n) is 4.37. The Hall–Kier alpha value is -3.23. The summed E-state index contributed by atoms with van der Waals surface area (Å²) in [6.07, 6.45) is 9.54. The van der Waals surface area contributed by atoms with Gasteiger partial charge in [-0.3, -0.25) is 9.54 Å². The van der Waals surface area contributed by atoms with Gasteiger partial charge in [-0.05, 0) is 54.2 Å². The number of pyridine rings is 1. The van der Waals surface area contributed by atoms with Crippen LogP contribution in [0.2, 0.25) is 0 Å². The molecule has 33 heavy (non-hydrogen) atoms. The van der Waals surface area contributed by atoms with Gasteiger partial charge >= 0.3 is 5.97 Å². The van der Waals surface area contributed by atoms with E-state index in [-0.39, 0.29) is 17.0 Å². The number of rotatable bonds is 7. The molecule has 1 aromatic heterocycles. The van der Waals surface area contributed by atoms with Crippen molar-refractivity contribution in [2.75, 3.05) is 11.4 Å². The first-order chi connectivity index (χ1) is 16.0. The summed E-state index contributed by atoms with van der Waals surface area (Å²) in [6, 6.07) is 14.4. The van der Waals surface area contributed by atoms with Crippen molar-refractivity contribution >= 4 is 28.6 Å². The second-order valence-corrected chi connectivity index (χ2v) is 8.93. The molecule has 1 saturated carbocycles. The summed E-state index contributed by atoms with van der Waals surface area (Å²) in [5.41, 5.74) is 3.77. The van der Waals surface area contributed by atoms with Crippen LogP contribution in [0.15, 0.2) is 60.9 Å². The molecule has 7 nitrogen and oxygen atoms in total. The molecule has 0 aliphatic heterocycles.